The van der Waals surface area contributed by atoms with Crippen molar-refractivity contribution in [1.82, 2.24) is 5.32 Å². The van der Waals surface area contributed by atoms with Gasteiger partial charge in [0.25, 0.3) is 0 Å². The van der Waals surface area contributed by atoms with Crippen LogP contribution in [-0.2, 0) is 4.74 Å². The van der Waals surface area contributed by atoms with E-state index in [1.54, 1.807) is 11.1 Å². The first-order valence-electron chi connectivity index (χ1n) is 8.14. The van der Waals surface area contributed by atoms with Gasteiger partial charge in [0.15, 0.2) is 0 Å². The average Bonchev–Trinajstić information content (AvgIpc) is 3.01. The van der Waals surface area contributed by atoms with Crippen LogP contribution in [0.3, 0.4) is 0 Å². The van der Waals surface area contributed by atoms with Crippen molar-refractivity contribution in [2.75, 3.05) is 0 Å². The monoisotopic (exact) mass is 287 g/mol. The third kappa shape index (κ3) is 2.16. The average molecular weight is 287 g/mol. The molecule has 108 valence electrons. The summed E-state index contributed by atoms with van der Waals surface area (Å²) >= 11 is 1.04. The van der Waals surface area contributed by atoms with Gasteiger partial charge < -0.3 is 10.1 Å². The molecule has 0 aromatic carbocycles. The van der Waals surface area contributed by atoms with E-state index in [1.165, 1.54) is 36.3 Å². The Bertz CT molecular complexity index is 517. The van der Waals surface area contributed by atoms with Crippen molar-refractivity contribution in [1.29, 1.82) is 0 Å². The maximum Gasteiger partial charge on any atom is 0.312 e. The van der Waals surface area contributed by atoms with Crippen LogP contribution in [0.4, 0.5) is 0 Å². The van der Waals surface area contributed by atoms with E-state index in [1.807, 2.05) is 0 Å². The molecule has 2 nitrogen and oxygen atoms in total. The smallest absolute Gasteiger partial charge is 0.312 e. The highest BCUT2D eigenvalue weighted by atomic mass is 27.0. The Morgan fingerprint density at radius 2 is 2.20 bits per heavy atom. The molecule has 0 radical (unpaired) electrons. The number of hydrogen-bond donors (Lipinski definition) is 1. The number of fused-ring (bicyclic) bond motifs is 1. The molecule has 0 aromatic rings. The van der Waals surface area contributed by atoms with Crippen LogP contribution in [-0.4, -0.2) is 21.4 Å². The third-order valence-electron chi connectivity index (χ3n) is 5.17. The Morgan fingerprint density at radius 3 is 2.90 bits per heavy atom. The molecule has 4 atom stereocenters. The van der Waals surface area contributed by atoms with E-state index in [4.69, 9.17) is 4.74 Å². The molecular formula is C17H26AlNO. The molecule has 1 N–H and O–H groups in total. The fraction of sp³-hybridized carbons (Fsp3) is 0.647. The molecule has 3 aliphatic rings. The topological polar surface area (TPSA) is 21.3 Å². The molecule has 1 aliphatic heterocycles. The minimum absolute atomic E-state index is 0.267. The molecule has 0 aromatic heterocycles. The highest BCUT2D eigenvalue weighted by molar-refractivity contribution is 6.11. The van der Waals surface area contributed by atoms with Crippen molar-refractivity contribution in [2.24, 2.45) is 17.8 Å². The Hall–Kier alpha value is -0.648. The predicted molar refractivity (Wildman–Crippen MR) is 85.7 cm³/mol. The summed E-state index contributed by atoms with van der Waals surface area (Å²) in [6, 6.07) is 0. The molecule has 0 saturated carbocycles. The van der Waals surface area contributed by atoms with Gasteiger partial charge in [0.2, 0.25) is 0 Å². The van der Waals surface area contributed by atoms with Crippen LogP contribution in [0, 0.1) is 17.8 Å². The van der Waals surface area contributed by atoms with Crippen molar-refractivity contribution in [2.45, 2.75) is 52.0 Å². The number of hydrogen-bond acceptors (Lipinski definition) is 2. The minimum Gasteiger partial charge on any atom is -0.489 e. The van der Waals surface area contributed by atoms with Crippen molar-refractivity contribution in [3.63, 3.8) is 0 Å². The zero-order valence-corrected chi connectivity index (χ0v) is 15.4. The van der Waals surface area contributed by atoms with E-state index in [2.05, 4.69) is 39.1 Å². The van der Waals surface area contributed by atoms with Crippen LogP contribution in [0.15, 0.2) is 34.3 Å². The first kappa shape index (κ1) is 14.3. The van der Waals surface area contributed by atoms with Gasteiger partial charge in [-0.15, -0.1) is 0 Å². The summed E-state index contributed by atoms with van der Waals surface area (Å²) in [6.45, 7) is 9.31. The SMILES string of the molecule is CCC(C)C/C=C1/C2=C(CC1C)C(C)C1=C2N[C@@H]([AlH2])O1. The maximum atomic E-state index is 6.03. The molecule has 0 amide bonds. The van der Waals surface area contributed by atoms with E-state index in [9.17, 15) is 0 Å². The summed E-state index contributed by atoms with van der Waals surface area (Å²) in [5.74, 6) is 3.17. The van der Waals surface area contributed by atoms with Gasteiger partial charge in [0.1, 0.15) is 5.76 Å². The van der Waals surface area contributed by atoms with E-state index >= 15 is 0 Å². The lowest BCUT2D eigenvalue weighted by Crippen LogP contribution is -2.25. The Kier molecular flexibility index (Phi) is 3.77. The molecule has 0 fully saturated rings. The highest BCUT2D eigenvalue weighted by Gasteiger charge is 2.43. The summed E-state index contributed by atoms with van der Waals surface area (Å²) in [7, 11) is 0. The van der Waals surface area contributed by atoms with Gasteiger partial charge in [-0.25, -0.2) is 0 Å². The largest absolute Gasteiger partial charge is 0.489 e. The number of rotatable bonds is 3. The second kappa shape index (κ2) is 5.28. The molecule has 3 heteroatoms. The summed E-state index contributed by atoms with van der Waals surface area (Å²) in [6.07, 6.45) is 6.19. The lowest BCUT2D eigenvalue weighted by molar-refractivity contribution is 0.175. The first-order chi connectivity index (χ1) is 9.52. The number of nitrogens with one attached hydrogen (secondary N) is 1. The van der Waals surface area contributed by atoms with Gasteiger partial charge in [0.05, 0.1) is 10.8 Å². The summed E-state index contributed by atoms with van der Waals surface area (Å²) in [5, 5.41) is 3.86. The lowest BCUT2D eigenvalue weighted by atomic mass is 9.93. The molecule has 0 spiro atoms. The molecule has 0 saturated heterocycles. The second-order valence-electron chi connectivity index (χ2n) is 6.78. The van der Waals surface area contributed by atoms with Crippen LogP contribution >= 0.6 is 0 Å². The van der Waals surface area contributed by atoms with Crippen molar-refractivity contribution >= 4 is 16.3 Å². The maximum absolute atomic E-state index is 6.03. The summed E-state index contributed by atoms with van der Waals surface area (Å²) in [5.41, 5.74) is 6.02. The van der Waals surface area contributed by atoms with E-state index in [-0.39, 0.29) is 5.09 Å². The first-order valence-corrected chi connectivity index (χ1v) is 9.29. The van der Waals surface area contributed by atoms with Crippen molar-refractivity contribution in [3.8, 4) is 0 Å². The Balaban J connectivity index is 1.91. The third-order valence-corrected chi connectivity index (χ3v) is 5.69. The molecule has 3 unspecified atom stereocenters. The molecule has 3 rings (SSSR count). The van der Waals surface area contributed by atoms with E-state index in [0.717, 1.165) is 22.2 Å². The van der Waals surface area contributed by atoms with Crippen molar-refractivity contribution in [3.05, 3.63) is 34.3 Å². The van der Waals surface area contributed by atoms with E-state index in [0.29, 0.717) is 11.8 Å². The zero-order valence-electron chi connectivity index (χ0n) is 13.4. The van der Waals surface area contributed by atoms with E-state index < -0.39 is 0 Å². The number of ether oxygens (including phenoxy) is 1. The van der Waals surface area contributed by atoms with Gasteiger partial charge in [-0.3, -0.25) is 0 Å². The van der Waals surface area contributed by atoms with Gasteiger partial charge >= 0.3 is 16.3 Å². The highest BCUT2D eigenvalue weighted by Crippen LogP contribution is 2.52. The van der Waals surface area contributed by atoms with Gasteiger partial charge in [0, 0.05) is 11.5 Å². The quantitative estimate of drug-likeness (QED) is 0.805. The minimum atomic E-state index is 0.267. The molecular weight excluding hydrogens is 261 g/mol. The van der Waals surface area contributed by atoms with Crippen LogP contribution in [0.5, 0.6) is 0 Å². The lowest BCUT2D eigenvalue weighted by Gasteiger charge is -2.15. The zero-order chi connectivity index (χ0) is 14.4. The van der Waals surface area contributed by atoms with Crippen LogP contribution < -0.4 is 5.32 Å². The molecule has 20 heavy (non-hydrogen) atoms. The Labute approximate surface area is 130 Å². The van der Waals surface area contributed by atoms with Gasteiger partial charge in [-0.05, 0) is 35.8 Å². The van der Waals surface area contributed by atoms with Crippen LogP contribution in [0.25, 0.3) is 0 Å². The Morgan fingerprint density at radius 1 is 1.45 bits per heavy atom. The van der Waals surface area contributed by atoms with Crippen molar-refractivity contribution < 1.29 is 4.74 Å². The van der Waals surface area contributed by atoms with Gasteiger partial charge in [-0.2, -0.15) is 0 Å². The van der Waals surface area contributed by atoms with Crippen LogP contribution in [0.1, 0.15) is 47.0 Å². The molecule has 2 aliphatic carbocycles. The van der Waals surface area contributed by atoms with Gasteiger partial charge in [-0.1, -0.05) is 40.2 Å². The van der Waals surface area contributed by atoms with Crippen LogP contribution in [0.2, 0.25) is 0 Å². The molecule has 1 heterocycles. The molecule has 0 bridgehead atoms. The standard InChI is InChI=1S/C17H24NO.Al.2H/c1-5-10(2)6-7-13-11(3)8-14-12(4)17-16(15(13)14)18-9-19-17;;;/h7,9-12,18H,5-6,8H2,1-4H3;;;/b13-7+;;;. The summed E-state index contributed by atoms with van der Waals surface area (Å²) in [4.78, 5) is 0. The predicted octanol–water partition coefficient (Wildman–Crippen LogP) is 3.08. The fourth-order valence-electron chi connectivity index (χ4n) is 3.70. The fourth-order valence-corrected chi connectivity index (χ4v) is 4.24. The number of allylic oxidation sites excluding steroid dienone is 3. The summed E-state index contributed by atoms with van der Waals surface area (Å²) < 4.78 is 6.03. The second-order valence-corrected chi connectivity index (χ2v) is 7.83. The normalized spacial score (nSPS) is 35.2.